The van der Waals surface area contributed by atoms with Crippen molar-refractivity contribution in [3.8, 4) is 0 Å². The zero-order chi connectivity index (χ0) is 5.82. The van der Waals surface area contributed by atoms with Crippen molar-refractivity contribution in [3.63, 3.8) is 0 Å². The minimum absolute atomic E-state index is 0. The topological polar surface area (TPSA) is 12.9 Å². The monoisotopic (exact) mass is 210 g/mol. The Labute approximate surface area is 73.6 Å². The van der Waals surface area contributed by atoms with Gasteiger partial charge in [0, 0.05) is 0 Å². The molecule has 0 amide bonds. The summed E-state index contributed by atoms with van der Waals surface area (Å²) in [7, 11) is 1.78. The fraction of sp³-hybridized carbons (Fsp3) is 0. The first-order valence-corrected chi connectivity index (χ1v) is 6.88. The molecule has 0 fully saturated rings. The fourth-order valence-corrected chi connectivity index (χ4v) is 1.82. The molecule has 0 atom stereocenters. The zero-order valence-corrected chi connectivity index (χ0v) is 9.38. The first kappa shape index (κ1) is 9.41. The van der Waals surface area contributed by atoms with Gasteiger partial charge in [0.1, 0.15) is 0 Å². The van der Waals surface area contributed by atoms with E-state index in [-0.39, 0.29) is 12.4 Å². The summed E-state index contributed by atoms with van der Waals surface area (Å²) in [4.78, 5) is 4.09. The van der Waals surface area contributed by atoms with Gasteiger partial charge in [0.15, 0.2) is 0 Å². The number of pyridine rings is 1. The van der Waals surface area contributed by atoms with Crippen LogP contribution in [0.25, 0.3) is 0 Å². The summed E-state index contributed by atoms with van der Waals surface area (Å²) in [6, 6.07) is 5.96. The molecule has 4 heteroatoms. The van der Waals surface area contributed by atoms with E-state index >= 15 is 0 Å². The second kappa shape index (κ2) is 5.22. The van der Waals surface area contributed by atoms with Gasteiger partial charge in [-0.15, -0.1) is 12.4 Å². The van der Waals surface area contributed by atoms with Crippen molar-refractivity contribution in [2.24, 2.45) is 0 Å². The number of hydrogen-bond acceptors (Lipinski definition) is 2. The number of hydrogen-bond donors (Lipinski definition) is 0. The molecule has 0 aliphatic heterocycles. The van der Waals surface area contributed by atoms with Crippen LogP contribution in [0.3, 0.4) is 0 Å². The third-order valence-electron chi connectivity index (χ3n) is 0.786. The van der Waals surface area contributed by atoms with Gasteiger partial charge in [-0.05, 0) is 0 Å². The van der Waals surface area contributed by atoms with Crippen LogP contribution in [0, 0.1) is 0 Å². The van der Waals surface area contributed by atoms with E-state index in [1.54, 1.807) is 9.75 Å². The van der Waals surface area contributed by atoms with Gasteiger partial charge in [-0.2, -0.15) is 0 Å². The molecule has 0 unspecified atom stereocenters. The molecule has 0 bridgehead atoms. The van der Waals surface area contributed by atoms with Gasteiger partial charge in [0.2, 0.25) is 0 Å². The van der Waals surface area contributed by atoms with Crippen LogP contribution in [0.5, 0.6) is 0 Å². The standard InChI is InChI=1S/C5H5NS.ClH.Zn/c7-5-3-1-2-4-6-5;;/h1-4H,(H,6,7);1H;/q;;+1/p-1. The molecule has 0 spiro atoms. The van der Waals surface area contributed by atoms with E-state index in [9.17, 15) is 0 Å². The van der Waals surface area contributed by atoms with Crippen molar-refractivity contribution in [3.05, 3.63) is 24.4 Å². The molecule has 0 saturated carbocycles. The quantitative estimate of drug-likeness (QED) is 0.660. The molecule has 1 nitrogen and oxygen atoms in total. The van der Waals surface area contributed by atoms with Crippen molar-refractivity contribution >= 4 is 22.2 Å². The Bertz CT molecular complexity index is 158. The van der Waals surface area contributed by atoms with Crippen LogP contribution in [0.2, 0.25) is 0 Å². The molecule has 1 heterocycles. The summed E-state index contributed by atoms with van der Waals surface area (Å²) in [6.45, 7) is 0. The van der Waals surface area contributed by atoms with Crippen molar-refractivity contribution in [1.82, 2.24) is 4.98 Å². The second-order valence-corrected chi connectivity index (χ2v) is 3.84. The van der Waals surface area contributed by atoms with Gasteiger partial charge in [-0.25, -0.2) is 0 Å². The normalized spacial score (nSPS) is 8.22. The third kappa shape index (κ3) is 3.19. The summed E-state index contributed by atoms with van der Waals surface area (Å²) >= 11 is 1.22. The average Bonchev–Trinajstić information content (AvgIpc) is 1.90. The van der Waals surface area contributed by atoms with Crippen molar-refractivity contribution < 1.29 is 17.1 Å². The van der Waals surface area contributed by atoms with Gasteiger partial charge in [0.05, 0.1) is 0 Å². The minimum atomic E-state index is 0. The van der Waals surface area contributed by atoms with E-state index in [2.05, 4.69) is 4.98 Å². The molecule has 0 aliphatic rings. The number of aromatic nitrogens is 1. The molecule has 1 rings (SSSR count). The van der Waals surface area contributed by atoms with Gasteiger partial charge in [-0.1, -0.05) is 0 Å². The first-order chi connectivity index (χ1) is 3.93. The molecule has 0 radical (unpaired) electrons. The predicted octanol–water partition coefficient (Wildman–Crippen LogP) is 2.06. The summed E-state index contributed by atoms with van der Waals surface area (Å²) in [6.07, 6.45) is 1.82. The molecule has 1 aromatic rings. The number of rotatable bonds is 1. The summed E-state index contributed by atoms with van der Waals surface area (Å²) in [5.74, 6) is 0. The van der Waals surface area contributed by atoms with E-state index in [1.807, 2.05) is 24.4 Å². The Morgan fingerprint density at radius 2 is 2.22 bits per heavy atom. The molecule has 0 saturated heterocycles. The van der Waals surface area contributed by atoms with E-state index in [0.717, 1.165) is 5.03 Å². The SMILES string of the molecule is Cl.[Zn][S]c1ccccn1. The second-order valence-electron chi connectivity index (χ2n) is 1.31. The van der Waals surface area contributed by atoms with E-state index in [4.69, 9.17) is 0 Å². The average molecular weight is 212 g/mol. The Morgan fingerprint density at radius 3 is 2.56 bits per heavy atom. The van der Waals surface area contributed by atoms with E-state index in [1.165, 1.54) is 17.1 Å². The van der Waals surface area contributed by atoms with E-state index < -0.39 is 0 Å². The van der Waals surface area contributed by atoms with Crippen molar-refractivity contribution in [2.45, 2.75) is 5.03 Å². The third-order valence-corrected chi connectivity index (χ3v) is 3.18. The van der Waals surface area contributed by atoms with Gasteiger partial charge in [0.25, 0.3) is 0 Å². The molecule has 1 aromatic heterocycles. The van der Waals surface area contributed by atoms with Crippen molar-refractivity contribution in [2.75, 3.05) is 0 Å². The van der Waals surface area contributed by atoms with Crippen LogP contribution in [-0.2, 0) is 17.1 Å². The van der Waals surface area contributed by atoms with Crippen LogP contribution < -0.4 is 0 Å². The Kier molecular flexibility index (Phi) is 5.46. The molecule has 9 heavy (non-hydrogen) atoms. The Balaban J connectivity index is 0.000000640. The number of nitrogens with zero attached hydrogens (tertiary/aromatic N) is 1. The van der Waals surface area contributed by atoms with Gasteiger partial charge < -0.3 is 0 Å². The van der Waals surface area contributed by atoms with E-state index in [0.29, 0.717) is 0 Å². The van der Waals surface area contributed by atoms with Crippen LogP contribution in [0.1, 0.15) is 0 Å². The molecule has 0 aromatic carbocycles. The molecule has 0 aliphatic carbocycles. The number of halogens is 1. The summed E-state index contributed by atoms with van der Waals surface area (Å²) in [5, 5.41) is 1.13. The summed E-state index contributed by atoms with van der Waals surface area (Å²) < 4.78 is 0. The maximum atomic E-state index is 4.09. The van der Waals surface area contributed by atoms with Gasteiger partial charge >= 0.3 is 61.2 Å². The molecule has 45 valence electrons. The van der Waals surface area contributed by atoms with Crippen LogP contribution in [-0.4, -0.2) is 4.98 Å². The van der Waals surface area contributed by atoms with Crippen LogP contribution in [0.15, 0.2) is 29.4 Å². The Hall–Kier alpha value is 0.413. The maximum absolute atomic E-state index is 4.09. The van der Waals surface area contributed by atoms with Gasteiger partial charge in [-0.3, -0.25) is 0 Å². The molecule has 0 N–H and O–H groups in total. The molecular weight excluding hydrogens is 207 g/mol. The first-order valence-electron chi connectivity index (χ1n) is 2.26. The van der Waals surface area contributed by atoms with Crippen LogP contribution >= 0.6 is 22.2 Å². The molecular formula is C5H5ClNSZn. The van der Waals surface area contributed by atoms with Crippen molar-refractivity contribution in [1.29, 1.82) is 0 Å². The summed E-state index contributed by atoms with van der Waals surface area (Å²) in [5.41, 5.74) is 0. The Morgan fingerprint density at radius 1 is 1.44 bits per heavy atom. The fourth-order valence-electron chi connectivity index (χ4n) is 0.432. The zero-order valence-electron chi connectivity index (χ0n) is 4.78. The predicted molar refractivity (Wildman–Crippen MR) is 37.3 cm³/mol. The van der Waals surface area contributed by atoms with Crippen LogP contribution in [0.4, 0.5) is 0 Å².